The third-order valence-electron chi connectivity index (χ3n) is 7.16. The van der Waals surface area contributed by atoms with Gasteiger partial charge in [-0.2, -0.15) is 0 Å². The van der Waals surface area contributed by atoms with Crippen molar-refractivity contribution in [3.05, 3.63) is 59.7 Å². The van der Waals surface area contributed by atoms with E-state index in [1.807, 2.05) is 34.1 Å². The topological polar surface area (TPSA) is 47.1 Å². The van der Waals surface area contributed by atoms with Crippen LogP contribution >= 0.6 is 0 Å². The Morgan fingerprint density at radius 1 is 0.938 bits per heavy atom. The zero-order valence-corrected chi connectivity index (χ0v) is 18.9. The van der Waals surface area contributed by atoms with E-state index in [4.69, 9.17) is 0 Å². The van der Waals surface area contributed by atoms with Crippen LogP contribution in [0.3, 0.4) is 0 Å². The SMILES string of the molecule is CCN1c2cc(C(=O)N3CCN(c4ccccc4)CC3)ccc2C(=O)N2CCCCCC21. The molecule has 32 heavy (non-hydrogen) atoms. The first kappa shape index (κ1) is 20.9. The molecule has 2 aromatic carbocycles. The standard InChI is InChI=1S/C26H32N4O2/c1-2-29-23-19-20(12-13-22(23)26(32)30-14-8-4-7-11-24(29)30)25(31)28-17-15-27(16-18-28)21-9-5-3-6-10-21/h3,5-6,9-10,12-13,19,24H,2,4,7-8,11,14-18H2,1H3. The molecule has 0 aromatic heterocycles. The van der Waals surface area contributed by atoms with Gasteiger partial charge in [0.15, 0.2) is 0 Å². The first-order chi connectivity index (χ1) is 15.7. The monoisotopic (exact) mass is 432 g/mol. The molecule has 0 aliphatic carbocycles. The van der Waals surface area contributed by atoms with E-state index in [-0.39, 0.29) is 18.0 Å². The second kappa shape index (κ2) is 8.85. The minimum atomic E-state index is 0.0623. The summed E-state index contributed by atoms with van der Waals surface area (Å²) in [6.07, 6.45) is 4.50. The number of rotatable bonds is 3. The Kier molecular flexibility index (Phi) is 5.77. The van der Waals surface area contributed by atoms with Crippen molar-refractivity contribution in [2.45, 2.75) is 38.8 Å². The lowest BCUT2D eigenvalue weighted by atomic mass is 10.0. The summed E-state index contributed by atoms with van der Waals surface area (Å²) in [5.41, 5.74) is 3.55. The highest BCUT2D eigenvalue weighted by Gasteiger charge is 2.37. The number of amides is 2. The highest BCUT2D eigenvalue weighted by Crippen LogP contribution is 2.35. The van der Waals surface area contributed by atoms with Crippen molar-refractivity contribution < 1.29 is 9.59 Å². The summed E-state index contributed by atoms with van der Waals surface area (Å²) in [7, 11) is 0. The van der Waals surface area contributed by atoms with Crippen molar-refractivity contribution in [1.82, 2.24) is 9.80 Å². The number of hydrogen-bond donors (Lipinski definition) is 0. The summed E-state index contributed by atoms with van der Waals surface area (Å²) >= 11 is 0. The van der Waals surface area contributed by atoms with Gasteiger partial charge >= 0.3 is 0 Å². The summed E-state index contributed by atoms with van der Waals surface area (Å²) in [4.78, 5) is 35.2. The number of benzene rings is 2. The second-order valence-corrected chi connectivity index (χ2v) is 8.96. The number of para-hydroxylation sites is 1. The Hall–Kier alpha value is -3.02. The van der Waals surface area contributed by atoms with Crippen LogP contribution in [-0.2, 0) is 0 Å². The minimum absolute atomic E-state index is 0.0623. The minimum Gasteiger partial charge on any atom is -0.368 e. The molecule has 2 amide bonds. The molecule has 6 nitrogen and oxygen atoms in total. The van der Waals surface area contributed by atoms with Gasteiger partial charge in [-0.05, 0) is 56.5 Å². The first-order valence-electron chi connectivity index (χ1n) is 12.0. The fourth-order valence-electron chi connectivity index (χ4n) is 5.42. The molecule has 6 heteroatoms. The third-order valence-corrected chi connectivity index (χ3v) is 7.16. The summed E-state index contributed by atoms with van der Waals surface area (Å²) in [5.74, 6) is 0.180. The van der Waals surface area contributed by atoms with Gasteiger partial charge in [-0.25, -0.2) is 0 Å². The number of hydrogen-bond acceptors (Lipinski definition) is 4. The number of anilines is 2. The zero-order valence-electron chi connectivity index (χ0n) is 18.9. The zero-order chi connectivity index (χ0) is 22.1. The van der Waals surface area contributed by atoms with Gasteiger partial charge < -0.3 is 19.6 Å². The molecule has 0 bridgehead atoms. The van der Waals surface area contributed by atoms with Crippen LogP contribution < -0.4 is 9.80 Å². The smallest absolute Gasteiger partial charge is 0.257 e. The van der Waals surface area contributed by atoms with Gasteiger partial charge in [-0.3, -0.25) is 9.59 Å². The van der Waals surface area contributed by atoms with Gasteiger partial charge in [-0.1, -0.05) is 24.6 Å². The second-order valence-electron chi connectivity index (χ2n) is 8.96. The van der Waals surface area contributed by atoms with Crippen molar-refractivity contribution in [3.63, 3.8) is 0 Å². The lowest BCUT2D eigenvalue weighted by Gasteiger charge is -2.45. The third kappa shape index (κ3) is 3.72. The lowest BCUT2D eigenvalue weighted by molar-refractivity contribution is 0.0654. The van der Waals surface area contributed by atoms with Gasteiger partial charge in [0.25, 0.3) is 11.8 Å². The first-order valence-corrected chi connectivity index (χ1v) is 12.0. The number of fused-ring (bicyclic) bond motifs is 2. The van der Waals surface area contributed by atoms with E-state index in [2.05, 4.69) is 41.0 Å². The van der Waals surface area contributed by atoms with Crippen LogP contribution in [0, 0.1) is 0 Å². The Morgan fingerprint density at radius 2 is 1.72 bits per heavy atom. The Balaban J connectivity index is 1.35. The molecule has 2 aromatic rings. The molecule has 5 rings (SSSR count). The summed E-state index contributed by atoms with van der Waals surface area (Å²) in [6, 6.07) is 16.0. The number of piperazine rings is 1. The highest BCUT2D eigenvalue weighted by atomic mass is 16.2. The van der Waals surface area contributed by atoms with E-state index >= 15 is 0 Å². The van der Waals surface area contributed by atoms with E-state index in [0.717, 1.165) is 56.7 Å². The fourth-order valence-corrected chi connectivity index (χ4v) is 5.42. The molecule has 0 radical (unpaired) electrons. The van der Waals surface area contributed by atoms with Gasteiger partial charge in [0.1, 0.15) is 6.17 Å². The van der Waals surface area contributed by atoms with Crippen LogP contribution in [0.4, 0.5) is 11.4 Å². The largest absolute Gasteiger partial charge is 0.368 e. The predicted octanol–water partition coefficient (Wildman–Crippen LogP) is 3.83. The molecule has 0 spiro atoms. The molecule has 3 aliphatic rings. The van der Waals surface area contributed by atoms with Crippen LogP contribution in [0.1, 0.15) is 53.3 Å². The molecule has 2 fully saturated rings. The van der Waals surface area contributed by atoms with Crippen LogP contribution in [0.5, 0.6) is 0 Å². The molecule has 0 N–H and O–H groups in total. The molecule has 0 saturated carbocycles. The molecule has 1 atom stereocenters. The maximum absolute atomic E-state index is 13.3. The lowest BCUT2D eigenvalue weighted by Crippen LogP contribution is -2.55. The van der Waals surface area contributed by atoms with Crippen LogP contribution in [0.25, 0.3) is 0 Å². The molecule has 2 saturated heterocycles. The summed E-state index contributed by atoms with van der Waals surface area (Å²) in [5, 5.41) is 0. The average molecular weight is 433 g/mol. The van der Waals surface area contributed by atoms with Gasteiger partial charge in [0.2, 0.25) is 0 Å². The van der Waals surface area contributed by atoms with Crippen LogP contribution in [0.15, 0.2) is 48.5 Å². The molecular formula is C26H32N4O2. The van der Waals surface area contributed by atoms with Gasteiger partial charge in [0.05, 0.1) is 11.3 Å². The van der Waals surface area contributed by atoms with Gasteiger partial charge in [0, 0.05) is 50.5 Å². The van der Waals surface area contributed by atoms with Crippen LogP contribution in [0.2, 0.25) is 0 Å². The van der Waals surface area contributed by atoms with Crippen LogP contribution in [-0.4, -0.2) is 67.0 Å². The molecule has 3 aliphatic heterocycles. The quantitative estimate of drug-likeness (QED) is 0.740. The van der Waals surface area contributed by atoms with Crippen molar-refractivity contribution in [3.8, 4) is 0 Å². The fraction of sp³-hybridized carbons (Fsp3) is 0.462. The maximum atomic E-state index is 13.3. The molecule has 168 valence electrons. The average Bonchev–Trinajstić information content (AvgIpc) is 3.11. The molecule has 3 heterocycles. The van der Waals surface area contributed by atoms with E-state index < -0.39 is 0 Å². The van der Waals surface area contributed by atoms with E-state index in [1.165, 1.54) is 12.1 Å². The van der Waals surface area contributed by atoms with Crippen molar-refractivity contribution >= 4 is 23.2 Å². The van der Waals surface area contributed by atoms with E-state index in [9.17, 15) is 9.59 Å². The van der Waals surface area contributed by atoms with Crippen molar-refractivity contribution in [1.29, 1.82) is 0 Å². The Bertz CT molecular complexity index is 985. The molecule has 1 unspecified atom stereocenters. The Morgan fingerprint density at radius 3 is 2.47 bits per heavy atom. The number of carbonyl (C=O) groups excluding carboxylic acids is 2. The Labute approximate surface area is 190 Å². The number of nitrogens with zero attached hydrogens (tertiary/aromatic N) is 4. The van der Waals surface area contributed by atoms with Crippen molar-refractivity contribution in [2.75, 3.05) is 49.1 Å². The maximum Gasteiger partial charge on any atom is 0.257 e. The molecular weight excluding hydrogens is 400 g/mol. The summed E-state index contributed by atoms with van der Waals surface area (Å²) in [6.45, 7) is 6.87. The van der Waals surface area contributed by atoms with E-state index in [0.29, 0.717) is 18.7 Å². The number of carbonyl (C=O) groups is 2. The highest BCUT2D eigenvalue weighted by molar-refractivity contribution is 6.04. The van der Waals surface area contributed by atoms with Crippen molar-refractivity contribution in [2.24, 2.45) is 0 Å². The normalized spacial score (nSPS) is 21.2. The van der Waals surface area contributed by atoms with Gasteiger partial charge in [-0.15, -0.1) is 0 Å². The van der Waals surface area contributed by atoms with E-state index in [1.54, 1.807) is 0 Å². The summed E-state index contributed by atoms with van der Waals surface area (Å²) < 4.78 is 0. The predicted molar refractivity (Wildman–Crippen MR) is 127 cm³/mol.